The van der Waals surface area contributed by atoms with Gasteiger partial charge in [0.2, 0.25) is 0 Å². The Labute approximate surface area is 128 Å². The Morgan fingerprint density at radius 2 is 2.33 bits per heavy atom. The molecule has 0 bridgehead atoms. The average Bonchev–Trinajstić information content (AvgIpc) is 2.93. The number of nitrogens with zero attached hydrogens (tertiary/aromatic N) is 3. The Morgan fingerprint density at radius 3 is 3.10 bits per heavy atom. The number of rotatable bonds is 8. The highest BCUT2D eigenvalue weighted by molar-refractivity contribution is 6.30. The molecule has 2 rings (SSSR count). The van der Waals surface area contributed by atoms with Crippen LogP contribution in [0.2, 0.25) is 5.02 Å². The molecule has 6 nitrogen and oxygen atoms in total. The van der Waals surface area contributed by atoms with Gasteiger partial charge in [0.25, 0.3) is 0 Å². The number of ether oxygens (including phenoxy) is 1. The number of hydrogen-bond acceptors (Lipinski definition) is 5. The van der Waals surface area contributed by atoms with E-state index < -0.39 is 6.10 Å². The molecule has 2 aromatic rings. The van der Waals surface area contributed by atoms with Crippen molar-refractivity contribution in [3.63, 3.8) is 0 Å². The molecular formula is C14H19ClN4O2. The zero-order valence-electron chi connectivity index (χ0n) is 11.9. The molecule has 0 amide bonds. The van der Waals surface area contributed by atoms with Gasteiger partial charge in [-0.1, -0.05) is 17.7 Å². The second-order valence-corrected chi connectivity index (χ2v) is 5.02. The third-order valence-electron chi connectivity index (χ3n) is 2.94. The molecule has 0 aliphatic carbocycles. The molecule has 21 heavy (non-hydrogen) atoms. The SMILES string of the molecule is CCn1cnnc1CNCC(O)COc1cccc(Cl)c1. The van der Waals surface area contributed by atoms with Crippen LogP contribution in [0.4, 0.5) is 0 Å². The van der Waals surface area contributed by atoms with Gasteiger partial charge < -0.3 is 19.7 Å². The van der Waals surface area contributed by atoms with Crippen LogP contribution in [0.5, 0.6) is 5.75 Å². The van der Waals surface area contributed by atoms with E-state index in [-0.39, 0.29) is 6.61 Å². The van der Waals surface area contributed by atoms with Gasteiger partial charge in [-0.25, -0.2) is 0 Å². The van der Waals surface area contributed by atoms with Crippen molar-refractivity contribution < 1.29 is 9.84 Å². The number of aromatic nitrogens is 3. The normalized spacial score (nSPS) is 12.3. The number of hydrogen-bond donors (Lipinski definition) is 2. The molecule has 0 fully saturated rings. The van der Waals surface area contributed by atoms with Gasteiger partial charge in [0.15, 0.2) is 0 Å². The summed E-state index contributed by atoms with van der Waals surface area (Å²) in [6.07, 6.45) is 1.08. The third kappa shape index (κ3) is 5.00. The Balaban J connectivity index is 1.69. The summed E-state index contributed by atoms with van der Waals surface area (Å²) in [5.41, 5.74) is 0. The van der Waals surface area contributed by atoms with E-state index in [0.717, 1.165) is 12.4 Å². The predicted octanol–water partition coefficient (Wildman–Crippen LogP) is 1.48. The fourth-order valence-electron chi connectivity index (χ4n) is 1.84. The lowest BCUT2D eigenvalue weighted by atomic mass is 10.3. The molecule has 0 saturated heterocycles. The van der Waals surface area contributed by atoms with Gasteiger partial charge in [0, 0.05) is 18.1 Å². The first-order valence-corrected chi connectivity index (χ1v) is 7.20. The molecule has 0 aliphatic rings. The molecule has 1 heterocycles. The third-order valence-corrected chi connectivity index (χ3v) is 3.17. The first-order valence-electron chi connectivity index (χ1n) is 6.83. The minimum absolute atomic E-state index is 0.202. The summed E-state index contributed by atoms with van der Waals surface area (Å²) >= 11 is 5.86. The van der Waals surface area contributed by atoms with Crippen LogP contribution in [-0.4, -0.2) is 39.1 Å². The molecule has 1 aromatic carbocycles. The van der Waals surface area contributed by atoms with Gasteiger partial charge in [-0.05, 0) is 25.1 Å². The van der Waals surface area contributed by atoms with E-state index in [2.05, 4.69) is 15.5 Å². The molecule has 114 valence electrons. The fraction of sp³-hybridized carbons (Fsp3) is 0.429. The van der Waals surface area contributed by atoms with E-state index in [1.807, 2.05) is 11.5 Å². The van der Waals surface area contributed by atoms with Crippen LogP contribution in [0, 0.1) is 0 Å². The number of aryl methyl sites for hydroxylation is 1. The van der Waals surface area contributed by atoms with Gasteiger partial charge in [-0.2, -0.15) is 0 Å². The Hall–Kier alpha value is -1.63. The molecule has 1 atom stereocenters. The van der Waals surface area contributed by atoms with Crippen LogP contribution in [0.3, 0.4) is 0 Å². The van der Waals surface area contributed by atoms with Crippen molar-refractivity contribution in [1.29, 1.82) is 0 Å². The van der Waals surface area contributed by atoms with Crippen LogP contribution in [0.15, 0.2) is 30.6 Å². The van der Waals surface area contributed by atoms with Gasteiger partial charge >= 0.3 is 0 Å². The van der Waals surface area contributed by atoms with Gasteiger partial charge in [-0.3, -0.25) is 0 Å². The number of halogens is 1. The first kappa shape index (κ1) is 15.8. The molecule has 0 aliphatic heterocycles. The topological polar surface area (TPSA) is 72.2 Å². The summed E-state index contributed by atoms with van der Waals surface area (Å²) in [6.45, 7) is 4.03. The molecule has 0 saturated carbocycles. The summed E-state index contributed by atoms with van der Waals surface area (Å²) in [5.74, 6) is 1.49. The van der Waals surface area contributed by atoms with E-state index in [4.69, 9.17) is 16.3 Å². The number of aliphatic hydroxyl groups is 1. The van der Waals surface area contributed by atoms with Crippen LogP contribution in [-0.2, 0) is 13.1 Å². The molecule has 1 aromatic heterocycles. The van der Waals surface area contributed by atoms with Gasteiger partial charge in [0.1, 0.15) is 30.6 Å². The number of aliphatic hydroxyl groups excluding tert-OH is 1. The average molecular weight is 311 g/mol. The van der Waals surface area contributed by atoms with E-state index in [9.17, 15) is 5.11 Å². The fourth-order valence-corrected chi connectivity index (χ4v) is 2.02. The minimum atomic E-state index is -0.609. The molecule has 1 unspecified atom stereocenters. The van der Waals surface area contributed by atoms with Crippen molar-refractivity contribution in [1.82, 2.24) is 20.1 Å². The number of benzene rings is 1. The van der Waals surface area contributed by atoms with Crippen molar-refractivity contribution in [2.75, 3.05) is 13.2 Å². The molecule has 2 N–H and O–H groups in total. The first-order chi connectivity index (χ1) is 10.2. The van der Waals surface area contributed by atoms with Crippen molar-refractivity contribution in [2.24, 2.45) is 0 Å². The lowest BCUT2D eigenvalue weighted by Crippen LogP contribution is -2.31. The number of nitrogens with one attached hydrogen (secondary N) is 1. The summed E-state index contributed by atoms with van der Waals surface area (Å²) in [7, 11) is 0. The van der Waals surface area contributed by atoms with Crippen molar-refractivity contribution in [3.05, 3.63) is 41.4 Å². The Bertz CT molecular complexity index is 561. The van der Waals surface area contributed by atoms with Crippen LogP contribution in [0.25, 0.3) is 0 Å². The van der Waals surface area contributed by atoms with Crippen molar-refractivity contribution in [2.45, 2.75) is 26.1 Å². The van der Waals surface area contributed by atoms with E-state index in [0.29, 0.717) is 23.9 Å². The maximum Gasteiger partial charge on any atom is 0.146 e. The van der Waals surface area contributed by atoms with E-state index in [1.165, 1.54) is 0 Å². The summed E-state index contributed by atoms with van der Waals surface area (Å²) < 4.78 is 7.42. The smallest absolute Gasteiger partial charge is 0.146 e. The van der Waals surface area contributed by atoms with Gasteiger partial charge in [-0.15, -0.1) is 10.2 Å². The van der Waals surface area contributed by atoms with E-state index in [1.54, 1.807) is 30.6 Å². The molecule has 0 spiro atoms. The lowest BCUT2D eigenvalue weighted by Gasteiger charge is -2.13. The maximum atomic E-state index is 9.87. The lowest BCUT2D eigenvalue weighted by molar-refractivity contribution is 0.106. The summed E-state index contributed by atoms with van der Waals surface area (Å²) in [4.78, 5) is 0. The Kier molecular flexibility index (Phi) is 5.98. The monoisotopic (exact) mass is 310 g/mol. The molecule has 0 radical (unpaired) electrons. The summed E-state index contributed by atoms with van der Waals surface area (Å²) in [5, 5.41) is 21.5. The summed E-state index contributed by atoms with van der Waals surface area (Å²) in [6, 6.07) is 7.09. The van der Waals surface area contributed by atoms with Crippen molar-refractivity contribution in [3.8, 4) is 5.75 Å². The predicted molar refractivity (Wildman–Crippen MR) is 80.4 cm³/mol. The molecule has 7 heteroatoms. The van der Waals surface area contributed by atoms with Crippen LogP contribution < -0.4 is 10.1 Å². The van der Waals surface area contributed by atoms with Gasteiger partial charge in [0.05, 0.1) is 6.54 Å². The Morgan fingerprint density at radius 1 is 1.48 bits per heavy atom. The van der Waals surface area contributed by atoms with Crippen LogP contribution in [0.1, 0.15) is 12.7 Å². The highest BCUT2D eigenvalue weighted by atomic mass is 35.5. The van der Waals surface area contributed by atoms with E-state index >= 15 is 0 Å². The highest BCUT2D eigenvalue weighted by Gasteiger charge is 2.07. The quantitative estimate of drug-likeness (QED) is 0.773. The largest absolute Gasteiger partial charge is 0.491 e. The molecular weight excluding hydrogens is 292 g/mol. The van der Waals surface area contributed by atoms with Crippen molar-refractivity contribution >= 4 is 11.6 Å². The van der Waals surface area contributed by atoms with Crippen LogP contribution >= 0.6 is 11.6 Å². The second-order valence-electron chi connectivity index (χ2n) is 4.59. The minimum Gasteiger partial charge on any atom is -0.491 e. The standard InChI is InChI=1S/C14H19ClN4O2/c1-2-19-10-17-18-14(19)8-16-7-12(20)9-21-13-5-3-4-11(15)6-13/h3-6,10,12,16,20H,2,7-9H2,1H3. The second kappa shape index (κ2) is 7.97. The highest BCUT2D eigenvalue weighted by Crippen LogP contribution is 2.17. The maximum absolute atomic E-state index is 9.87. The zero-order chi connectivity index (χ0) is 15.1. The zero-order valence-corrected chi connectivity index (χ0v) is 12.6.